The van der Waals surface area contributed by atoms with E-state index in [4.69, 9.17) is 61.3 Å². The number of rotatable bonds is 18. The zero-order valence-electron chi connectivity index (χ0n) is 25.7. The first kappa shape index (κ1) is 58.0. The Labute approximate surface area is 289 Å². The van der Waals surface area contributed by atoms with Crippen molar-refractivity contribution >= 4 is 23.8 Å². The Hall–Kier alpha value is -3.55. The third kappa shape index (κ3) is 59.8. The van der Waals surface area contributed by atoms with Crippen molar-refractivity contribution in [1.29, 1.82) is 47.4 Å². The zero-order valence-corrected chi connectivity index (χ0v) is 29.7. The normalized spacial score (nSPS) is 7.57. The van der Waals surface area contributed by atoms with Gasteiger partial charge in [0.05, 0.1) is 54.6 Å². The van der Waals surface area contributed by atoms with E-state index >= 15 is 0 Å². The molecule has 0 N–H and O–H groups in total. The maximum absolute atomic E-state index is 8.40. The molecule has 0 aliphatic rings. The van der Waals surface area contributed by atoms with Gasteiger partial charge in [0.1, 0.15) is 0 Å². The second-order valence-electron chi connectivity index (χ2n) is 7.70. The van der Waals surface area contributed by atoms with Crippen molar-refractivity contribution in [3.05, 3.63) is 20.0 Å². The summed E-state index contributed by atoms with van der Waals surface area (Å²) in [7, 11) is -0.737. The minimum Gasteiger partial charge on any atom is 0 e. The largest absolute Gasteiger partial charge is 0 e. The van der Waals surface area contributed by atoms with Crippen LogP contribution in [-0.2, 0) is 31.3 Å². The Morgan fingerprint density at radius 3 is 0.435 bits per heavy atom. The summed E-state index contributed by atoms with van der Waals surface area (Å²) in [5, 5.41) is 75.6. The monoisotopic (exact) mass is 715 g/mol. The minimum absolute atomic E-state index is 0. The predicted molar refractivity (Wildman–Crippen MR) is 168 cm³/mol. The summed E-state index contributed by atoms with van der Waals surface area (Å²) >= 11 is 0. The molecule has 0 aromatic rings. The van der Waals surface area contributed by atoms with Crippen molar-refractivity contribution in [2.45, 2.75) is 57.8 Å². The second kappa shape index (κ2) is 64.4. The average molecular weight is 716 g/mol. The standard InChI is InChI=1S/3C9H12N3P.3CO.Cr/c3*10-4-1-7-13(8-2-5-11)9-3-6-12;3*1-2;/h3*1-3,7-9H2;;;;. The quantitative estimate of drug-likeness (QED) is 0.0847. The molecule has 0 rings (SSSR count). The van der Waals surface area contributed by atoms with Crippen LogP contribution in [0.3, 0.4) is 0 Å². The Bertz CT molecular complexity index is 866. The summed E-state index contributed by atoms with van der Waals surface area (Å²) in [6.07, 6.45) is 13.0. The molecule has 16 heteroatoms. The van der Waals surface area contributed by atoms with E-state index in [1.807, 2.05) is 0 Å². The summed E-state index contributed by atoms with van der Waals surface area (Å²) in [4.78, 5) is 0. The van der Waals surface area contributed by atoms with Crippen molar-refractivity contribution < 1.29 is 31.3 Å². The van der Waals surface area contributed by atoms with Gasteiger partial charge in [0.2, 0.25) is 0 Å². The fourth-order valence-corrected chi connectivity index (χ4v) is 8.64. The molecule has 0 spiro atoms. The molecule has 0 amide bonds. The van der Waals surface area contributed by atoms with Gasteiger partial charge in [-0.15, -0.1) is 23.8 Å². The van der Waals surface area contributed by atoms with Gasteiger partial charge < -0.3 is 0 Å². The molecule has 0 radical (unpaired) electrons. The van der Waals surface area contributed by atoms with Gasteiger partial charge in [0.15, 0.2) is 0 Å². The third-order valence-electron chi connectivity index (χ3n) is 4.86. The summed E-state index contributed by atoms with van der Waals surface area (Å²) < 4.78 is 22.5. The first-order valence-electron chi connectivity index (χ1n) is 13.2. The first-order chi connectivity index (χ1) is 22.0. The predicted octanol–water partition coefficient (Wildman–Crippen LogP) is 6.51. The molecule has 0 aliphatic carbocycles. The second-order valence-corrected chi connectivity index (χ2v) is 15.7. The number of hydrogen-bond donors (Lipinski definition) is 0. The molecule has 0 unspecified atom stereocenters. The summed E-state index contributed by atoms with van der Waals surface area (Å²) in [6.45, 7) is 13.5. The van der Waals surface area contributed by atoms with Crippen LogP contribution in [0.15, 0.2) is 0 Å². The van der Waals surface area contributed by atoms with Crippen molar-refractivity contribution in [2.75, 3.05) is 55.5 Å². The fourth-order valence-electron chi connectivity index (χ4n) is 2.88. The van der Waals surface area contributed by atoms with E-state index < -0.39 is 0 Å². The molecule has 0 fully saturated rings. The van der Waals surface area contributed by atoms with E-state index in [2.05, 4.69) is 74.6 Å². The molecule has 240 valence electrons. The molecular weight excluding hydrogens is 679 g/mol. The van der Waals surface area contributed by atoms with Crippen LogP contribution in [0.2, 0.25) is 0 Å². The Morgan fingerprint density at radius 1 is 0.283 bits per heavy atom. The van der Waals surface area contributed by atoms with Crippen molar-refractivity contribution in [3.8, 4) is 54.6 Å². The molecule has 0 aromatic carbocycles. The van der Waals surface area contributed by atoms with Crippen LogP contribution < -0.4 is 0 Å². The van der Waals surface area contributed by atoms with Crippen LogP contribution >= 0.6 is 23.8 Å². The minimum atomic E-state index is -0.246. The Kier molecular flexibility index (Phi) is 81.3. The van der Waals surface area contributed by atoms with E-state index in [1.165, 1.54) is 0 Å². The molecule has 0 saturated heterocycles. The molecule has 46 heavy (non-hydrogen) atoms. The van der Waals surface area contributed by atoms with Crippen LogP contribution in [0.1, 0.15) is 57.8 Å². The molecule has 12 nitrogen and oxygen atoms in total. The molecule has 0 atom stereocenters. The van der Waals surface area contributed by atoms with Crippen LogP contribution in [-0.4, -0.2) is 55.5 Å². The maximum Gasteiger partial charge on any atom is 0 e. The van der Waals surface area contributed by atoms with Crippen molar-refractivity contribution in [3.63, 3.8) is 0 Å². The topological polar surface area (TPSA) is 274 Å². The maximum atomic E-state index is 8.40. The summed E-state index contributed by atoms with van der Waals surface area (Å²) in [6, 6.07) is 18.9. The Balaban J connectivity index is -0.0000000904. The Morgan fingerprint density at radius 2 is 0.370 bits per heavy atom. The molecule has 0 saturated carbocycles. The fraction of sp³-hybridized carbons (Fsp3) is 0.600. The third-order valence-corrected chi connectivity index (χ3v) is 12.6. The van der Waals surface area contributed by atoms with Gasteiger partial charge in [-0.1, -0.05) is 0 Å². The van der Waals surface area contributed by atoms with E-state index in [9.17, 15) is 0 Å². The molecular formula is C30H36CrN9O3P3. The van der Waals surface area contributed by atoms with E-state index in [-0.39, 0.29) is 41.1 Å². The van der Waals surface area contributed by atoms with Crippen molar-refractivity contribution in [2.24, 2.45) is 0 Å². The number of hydrogen-bond acceptors (Lipinski definition) is 9. The molecule has 0 aliphatic heterocycles. The van der Waals surface area contributed by atoms with Gasteiger partial charge in [0, 0.05) is 75.1 Å². The SMILES string of the molecule is N#CCCP(CCC#N)CCC#N.N#CCCP(CCC#N)CCC#N.N#CCCP(CCC#N)CCC#N.[C-]#[O+].[C-]#[O+].[C-]#[O+].[Cr]. The van der Waals surface area contributed by atoms with Gasteiger partial charge >= 0.3 is 33.9 Å². The van der Waals surface area contributed by atoms with Gasteiger partial charge in [-0.25, -0.2) is 0 Å². The summed E-state index contributed by atoms with van der Waals surface area (Å²) in [5.74, 6) is 0. The van der Waals surface area contributed by atoms with Gasteiger partial charge in [0.25, 0.3) is 0 Å². The average Bonchev–Trinajstić information content (AvgIpc) is 3.10. The molecule has 0 bridgehead atoms. The smallest absolute Gasteiger partial charge is 0 e. The number of nitriles is 9. The van der Waals surface area contributed by atoms with Crippen LogP contribution in [0.25, 0.3) is 0 Å². The van der Waals surface area contributed by atoms with Crippen molar-refractivity contribution in [1.82, 2.24) is 0 Å². The van der Waals surface area contributed by atoms with Gasteiger partial charge in [-0.3, -0.25) is 0 Å². The first-order valence-corrected chi connectivity index (χ1v) is 18.8. The molecule has 0 heterocycles. The van der Waals surface area contributed by atoms with E-state index in [0.717, 1.165) is 55.5 Å². The molecule has 0 aromatic heterocycles. The van der Waals surface area contributed by atoms with Crippen LogP contribution in [0, 0.1) is 122 Å². The van der Waals surface area contributed by atoms with Crippen LogP contribution in [0.5, 0.6) is 0 Å². The number of nitrogens with zero attached hydrogens (tertiary/aromatic N) is 9. The van der Waals surface area contributed by atoms with Gasteiger partial charge in [-0.2, -0.15) is 47.4 Å². The zero-order chi connectivity index (χ0) is 35.8. The van der Waals surface area contributed by atoms with E-state index in [1.54, 1.807) is 0 Å². The van der Waals surface area contributed by atoms with Crippen LogP contribution in [0.4, 0.5) is 0 Å². The summed E-state index contributed by atoms with van der Waals surface area (Å²) in [5.41, 5.74) is 0. The van der Waals surface area contributed by atoms with E-state index in [0.29, 0.717) is 57.8 Å². The van der Waals surface area contributed by atoms with Gasteiger partial charge in [-0.05, 0) is 55.5 Å².